The predicted molar refractivity (Wildman–Crippen MR) is 119 cm³/mol. The average molecular weight is 476 g/mol. The fourth-order valence-electron chi connectivity index (χ4n) is 3.26. The molecule has 0 saturated heterocycles. The molecule has 0 bridgehead atoms. The highest BCUT2D eigenvalue weighted by Gasteiger charge is 2.26. The highest BCUT2D eigenvalue weighted by atomic mass is 32.2. The normalized spacial score (nSPS) is 16.0. The van der Waals surface area contributed by atoms with Gasteiger partial charge in [0.05, 0.1) is 17.5 Å². The molecule has 0 radical (unpaired) electrons. The summed E-state index contributed by atoms with van der Waals surface area (Å²) in [5.41, 5.74) is 1.28. The number of ether oxygens (including phenoxy) is 2. The van der Waals surface area contributed by atoms with Gasteiger partial charge < -0.3 is 20.1 Å². The maximum Gasteiger partial charge on any atom is 0.324 e. The van der Waals surface area contributed by atoms with Gasteiger partial charge in [0.15, 0.2) is 6.61 Å². The second kappa shape index (κ2) is 10.5. The molecular formula is C22H25N3O7S. The van der Waals surface area contributed by atoms with Gasteiger partial charge in [-0.05, 0) is 37.3 Å². The Hall–Kier alpha value is -3.44. The minimum atomic E-state index is -4.02. The standard InChI is InChI=1S/C22H25N3O7S/c1-14(25-33(29,30)17-9-7-16(8-10-17)23-15(2)26)22(28)32-13-21(27)24-19-11-12-31-20-6-4-3-5-18(19)20/h3-10,14,19,25H,11-13H2,1-2H3,(H,23,26)(H,24,27). The molecule has 11 heteroatoms. The van der Waals surface area contributed by atoms with Crippen LogP contribution in [-0.2, 0) is 29.1 Å². The van der Waals surface area contributed by atoms with E-state index in [0.29, 0.717) is 24.5 Å². The zero-order valence-electron chi connectivity index (χ0n) is 18.2. The maximum absolute atomic E-state index is 12.5. The highest BCUT2D eigenvalue weighted by molar-refractivity contribution is 7.89. The molecule has 33 heavy (non-hydrogen) atoms. The molecule has 0 spiro atoms. The van der Waals surface area contributed by atoms with Crippen LogP contribution in [0.25, 0.3) is 0 Å². The van der Waals surface area contributed by atoms with Crippen molar-refractivity contribution in [2.24, 2.45) is 0 Å². The Bertz CT molecular complexity index is 1130. The summed E-state index contributed by atoms with van der Waals surface area (Å²) in [6.45, 7) is 2.56. The minimum Gasteiger partial charge on any atom is -0.493 e. The molecule has 0 fully saturated rings. The van der Waals surface area contributed by atoms with Gasteiger partial charge >= 0.3 is 5.97 Å². The van der Waals surface area contributed by atoms with E-state index >= 15 is 0 Å². The Labute approximate surface area is 191 Å². The van der Waals surface area contributed by atoms with Crippen LogP contribution in [0.3, 0.4) is 0 Å². The third kappa shape index (κ3) is 6.53. The lowest BCUT2D eigenvalue weighted by molar-refractivity contribution is -0.150. The molecule has 3 N–H and O–H groups in total. The number of esters is 1. The Morgan fingerprint density at radius 2 is 1.82 bits per heavy atom. The van der Waals surface area contributed by atoms with Gasteiger partial charge in [0, 0.05) is 24.6 Å². The molecule has 10 nitrogen and oxygen atoms in total. The minimum absolute atomic E-state index is 0.0906. The summed E-state index contributed by atoms with van der Waals surface area (Å²) >= 11 is 0. The number of fused-ring (bicyclic) bond motifs is 1. The van der Waals surface area contributed by atoms with Crippen molar-refractivity contribution in [2.75, 3.05) is 18.5 Å². The topological polar surface area (TPSA) is 140 Å². The quantitative estimate of drug-likeness (QED) is 0.492. The lowest BCUT2D eigenvalue weighted by atomic mass is 10.0. The van der Waals surface area contributed by atoms with Gasteiger partial charge in [-0.1, -0.05) is 18.2 Å². The Morgan fingerprint density at radius 1 is 1.12 bits per heavy atom. The molecule has 3 rings (SSSR count). The Balaban J connectivity index is 1.51. The second-order valence-electron chi connectivity index (χ2n) is 7.45. The number of rotatable bonds is 8. The molecule has 2 atom stereocenters. The molecule has 2 aromatic carbocycles. The third-order valence-corrected chi connectivity index (χ3v) is 6.37. The molecule has 1 aliphatic rings. The van der Waals surface area contributed by atoms with E-state index in [1.807, 2.05) is 24.3 Å². The summed E-state index contributed by atoms with van der Waals surface area (Å²) in [5.74, 6) is -0.992. The van der Waals surface area contributed by atoms with Crippen molar-refractivity contribution in [3.63, 3.8) is 0 Å². The monoisotopic (exact) mass is 475 g/mol. The summed E-state index contributed by atoms with van der Waals surface area (Å²) < 4.78 is 37.7. The van der Waals surface area contributed by atoms with Crippen LogP contribution in [0.15, 0.2) is 53.4 Å². The summed E-state index contributed by atoms with van der Waals surface area (Å²) in [6.07, 6.45) is 0.577. The molecule has 1 aliphatic heterocycles. The molecule has 1 heterocycles. The first-order valence-electron chi connectivity index (χ1n) is 10.2. The van der Waals surface area contributed by atoms with Crippen LogP contribution in [-0.4, -0.2) is 45.5 Å². The SMILES string of the molecule is CC(=O)Nc1ccc(S(=O)(=O)NC(C)C(=O)OCC(=O)NC2CCOc3ccccc32)cc1. The van der Waals surface area contributed by atoms with Crippen molar-refractivity contribution in [1.82, 2.24) is 10.0 Å². The molecule has 2 aromatic rings. The number of hydrogen-bond donors (Lipinski definition) is 3. The number of hydrogen-bond acceptors (Lipinski definition) is 7. The van der Waals surface area contributed by atoms with Crippen LogP contribution in [0.2, 0.25) is 0 Å². The van der Waals surface area contributed by atoms with Gasteiger partial charge in [-0.3, -0.25) is 14.4 Å². The van der Waals surface area contributed by atoms with Crippen molar-refractivity contribution < 1.29 is 32.3 Å². The van der Waals surface area contributed by atoms with Crippen LogP contribution >= 0.6 is 0 Å². The van der Waals surface area contributed by atoms with Crippen molar-refractivity contribution in [3.05, 3.63) is 54.1 Å². The van der Waals surface area contributed by atoms with E-state index in [9.17, 15) is 22.8 Å². The van der Waals surface area contributed by atoms with Gasteiger partial charge in [0.2, 0.25) is 15.9 Å². The van der Waals surface area contributed by atoms with Crippen LogP contribution in [0, 0.1) is 0 Å². The summed E-state index contributed by atoms with van der Waals surface area (Å²) in [5, 5.41) is 5.33. The van der Waals surface area contributed by atoms with Gasteiger partial charge in [-0.15, -0.1) is 0 Å². The van der Waals surface area contributed by atoms with Crippen LogP contribution in [0.5, 0.6) is 5.75 Å². The van der Waals surface area contributed by atoms with E-state index in [4.69, 9.17) is 9.47 Å². The number of carbonyl (C=O) groups excluding carboxylic acids is 3. The smallest absolute Gasteiger partial charge is 0.324 e. The first-order valence-corrected chi connectivity index (χ1v) is 11.7. The summed E-state index contributed by atoms with van der Waals surface area (Å²) in [6, 6.07) is 11.3. The van der Waals surface area contributed by atoms with E-state index in [1.54, 1.807) is 0 Å². The Kier molecular flexibility index (Phi) is 7.67. The first-order chi connectivity index (χ1) is 15.7. The molecular weight excluding hydrogens is 450 g/mol. The van der Waals surface area contributed by atoms with Crippen molar-refractivity contribution in [2.45, 2.75) is 37.2 Å². The number of anilines is 1. The van der Waals surface area contributed by atoms with Crippen LogP contribution in [0.4, 0.5) is 5.69 Å². The molecule has 2 unspecified atom stereocenters. The van der Waals surface area contributed by atoms with Gasteiger partial charge in [0.1, 0.15) is 11.8 Å². The van der Waals surface area contributed by atoms with Gasteiger partial charge in [-0.2, -0.15) is 4.72 Å². The maximum atomic E-state index is 12.5. The fraction of sp³-hybridized carbons (Fsp3) is 0.318. The zero-order chi connectivity index (χ0) is 24.0. The molecule has 0 aromatic heterocycles. The number of sulfonamides is 1. The lowest BCUT2D eigenvalue weighted by Crippen LogP contribution is -2.41. The number of carbonyl (C=O) groups is 3. The van der Waals surface area contributed by atoms with Crippen LogP contribution < -0.4 is 20.1 Å². The van der Waals surface area contributed by atoms with Crippen molar-refractivity contribution in [1.29, 1.82) is 0 Å². The average Bonchev–Trinajstić information content (AvgIpc) is 2.77. The Morgan fingerprint density at radius 3 is 2.52 bits per heavy atom. The van der Waals surface area contributed by atoms with E-state index < -0.39 is 34.5 Å². The lowest BCUT2D eigenvalue weighted by Gasteiger charge is -2.26. The van der Waals surface area contributed by atoms with Gasteiger partial charge in [-0.25, -0.2) is 8.42 Å². The van der Waals surface area contributed by atoms with Crippen molar-refractivity contribution >= 4 is 33.5 Å². The highest BCUT2D eigenvalue weighted by Crippen LogP contribution is 2.31. The number of para-hydroxylation sites is 1. The van der Waals surface area contributed by atoms with Crippen molar-refractivity contribution in [3.8, 4) is 5.75 Å². The largest absolute Gasteiger partial charge is 0.493 e. The number of benzene rings is 2. The third-order valence-electron chi connectivity index (χ3n) is 4.81. The van der Waals surface area contributed by atoms with Crippen LogP contribution in [0.1, 0.15) is 31.9 Å². The fourth-order valence-corrected chi connectivity index (χ4v) is 4.45. The van der Waals surface area contributed by atoms with E-state index in [1.165, 1.54) is 38.1 Å². The zero-order valence-corrected chi connectivity index (χ0v) is 19.0. The van der Waals surface area contributed by atoms with E-state index in [0.717, 1.165) is 5.56 Å². The van der Waals surface area contributed by atoms with E-state index in [-0.39, 0.29) is 16.8 Å². The van der Waals surface area contributed by atoms with Gasteiger partial charge in [0.25, 0.3) is 5.91 Å². The number of nitrogens with one attached hydrogen (secondary N) is 3. The predicted octanol–water partition coefficient (Wildman–Crippen LogP) is 1.49. The van der Waals surface area contributed by atoms with E-state index in [2.05, 4.69) is 15.4 Å². The summed E-state index contributed by atoms with van der Waals surface area (Å²) in [7, 11) is -4.02. The molecule has 0 aliphatic carbocycles. The summed E-state index contributed by atoms with van der Waals surface area (Å²) in [4.78, 5) is 35.5. The first kappa shape index (κ1) is 24.2. The number of amides is 2. The second-order valence-corrected chi connectivity index (χ2v) is 9.17. The molecule has 176 valence electrons. The molecule has 0 saturated carbocycles. The molecule has 2 amide bonds.